The number of aromatic nitrogens is 1. The number of halogens is 4. The van der Waals surface area contributed by atoms with Gasteiger partial charge >= 0.3 is 6.18 Å². The summed E-state index contributed by atoms with van der Waals surface area (Å²) >= 11 is 1.49. The van der Waals surface area contributed by atoms with Gasteiger partial charge in [-0.1, -0.05) is 0 Å². The van der Waals surface area contributed by atoms with Gasteiger partial charge in [0.15, 0.2) is 5.96 Å². The monoisotopic (exact) mass is 544 g/mol. The highest BCUT2D eigenvalue weighted by Gasteiger charge is 2.35. The summed E-state index contributed by atoms with van der Waals surface area (Å²) in [6, 6.07) is 3.97. The van der Waals surface area contributed by atoms with Gasteiger partial charge in [0.2, 0.25) is 5.88 Å². The third-order valence-corrected chi connectivity index (χ3v) is 4.43. The van der Waals surface area contributed by atoms with E-state index in [0.717, 1.165) is 11.6 Å². The van der Waals surface area contributed by atoms with Crippen LogP contribution in [0.1, 0.15) is 25.0 Å². The molecule has 0 aliphatic heterocycles. The summed E-state index contributed by atoms with van der Waals surface area (Å²) in [5.41, 5.74) is -1.26. The third-order valence-electron chi connectivity index (χ3n) is 3.74. The molecule has 0 aromatic carbocycles. The van der Waals surface area contributed by atoms with Gasteiger partial charge in [-0.2, -0.15) is 24.5 Å². The number of thiophene rings is 1. The molecular weight excluding hydrogens is 520 g/mol. The van der Waals surface area contributed by atoms with Crippen LogP contribution in [0.5, 0.6) is 5.88 Å². The number of aliphatic imine (C=N–C) groups is 1. The lowest BCUT2D eigenvalue weighted by atomic mass is 10.00. The van der Waals surface area contributed by atoms with Gasteiger partial charge in [-0.05, 0) is 48.4 Å². The van der Waals surface area contributed by atoms with Crippen molar-refractivity contribution in [3.63, 3.8) is 0 Å². The predicted octanol–water partition coefficient (Wildman–Crippen LogP) is 3.62. The maximum Gasteiger partial charge on any atom is 0.421 e. The van der Waals surface area contributed by atoms with Crippen molar-refractivity contribution in [3.05, 3.63) is 46.3 Å². The lowest BCUT2D eigenvalue weighted by Crippen LogP contribution is -2.40. The molecule has 2 rings (SSSR count). The molecular formula is C18H24F3IN4O2S. The average molecular weight is 544 g/mol. The van der Waals surface area contributed by atoms with Crippen LogP contribution in [0.2, 0.25) is 0 Å². The SMILES string of the molecule is CCNC(=NCC(C)(O)c1ccsc1)NCCOc1ncccc1C(F)(F)F.I. The molecule has 0 amide bonds. The van der Waals surface area contributed by atoms with E-state index in [9.17, 15) is 18.3 Å². The van der Waals surface area contributed by atoms with Crippen LogP contribution < -0.4 is 15.4 Å². The number of guanidine groups is 1. The van der Waals surface area contributed by atoms with E-state index in [-0.39, 0.29) is 43.7 Å². The Kier molecular flexibility index (Phi) is 10.1. The molecule has 2 aromatic rings. The van der Waals surface area contributed by atoms with E-state index >= 15 is 0 Å². The second kappa shape index (κ2) is 11.6. The van der Waals surface area contributed by atoms with Crippen molar-refractivity contribution in [1.82, 2.24) is 15.6 Å². The van der Waals surface area contributed by atoms with E-state index in [1.165, 1.54) is 23.6 Å². The van der Waals surface area contributed by atoms with Crippen molar-refractivity contribution < 1.29 is 23.0 Å². The van der Waals surface area contributed by atoms with E-state index in [4.69, 9.17) is 4.74 Å². The van der Waals surface area contributed by atoms with Crippen LogP contribution in [0.4, 0.5) is 13.2 Å². The van der Waals surface area contributed by atoms with Crippen LogP contribution >= 0.6 is 35.3 Å². The molecule has 6 nitrogen and oxygen atoms in total. The molecule has 0 aliphatic rings. The Morgan fingerprint density at radius 2 is 2.07 bits per heavy atom. The summed E-state index contributed by atoms with van der Waals surface area (Å²) in [7, 11) is 0. The largest absolute Gasteiger partial charge is 0.475 e. The highest BCUT2D eigenvalue weighted by atomic mass is 127. The van der Waals surface area contributed by atoms with Gasteiger partial charge in [0.25, 0.3) is 0 Å². The molecule has 0 fully saturated rings. The van der Waals surface area contributed by atoms with Crippen molar-refractivity contribution >= 4 is 41.3 Å². The Hall–Kier alpha value is -1.60. The number of nitrogens with one attached hydrogen (secondary N) is 2. The number of hydrogen-bond donors (Lipinski definition) is 3. The number of aliphatic hydroxyl groups is 1. The Bertz CT molecular complexity index is 771. The first-order valence-electron chi connectivity index (χ1n) is 8.66. The van der Waals surface area contributed by atoms with Crippen molar-refractivity contribution in [3.8, 4) is 5.88 Å². The molecule has 162 valence electrons. The fourth-order valence-corrected chi connectivity index (χ4v) is 3.06. The molecule has 0 radical (unpaired) electrons. The molecule has 0 spiro atoms. The summed E-state index contributed by atoms with van der Waals surface area (Å²) in [5.74, 6) is -0.0298. The van der Waals surface area contributed by atoms with Crippen LogP contribution in [-0.2, 0) is 11.8 Å². The molecule has 0 bridgehead atoms. The fourth-order valence-electron chi connectivity index (χ4n) is 2.28. The molecule has 1 atom stereocenters. The molecule has 0 aliphatic carbocycles. The van der Waals surface area contributed by atoms with Crippen LogP contribution in [0.15, 0.2) is 40.1 Å². The highest BCUT2D eigenvalue weighted by molar-refractivity contribution is 14.0. The molecule has 11 heteroatoms. The predicted molar refractivity (Wildman–Crippen MR) is 118 cm³/mol. The van der Waals surface area contributed by atoms with Gasteiger partial charge in [0.1, 0.15) is 17.8 Å². The molecule has 0 saturated heterocycles. The van der Waals surface area contributed by atoms with Crippen LogP contribution in [-0.4, -0.2) is 42.3 Å². The molecule has 2 heterocycles. The maximum absolute atomic E-state index is 12.9. The quantitative estimate of drug-likeness (QED) is 0.205. The number of alkyl halides is 3. The molecule has 0 saturated carbocycles. The summed E-state index contributed by atoms with van der Waals surface area (Å²) in [5, 5.41) is 20.2. The lowest BCUT2D eigenvalue weighted by molar-refractivity contribution is -0.139. The summed E-state index contributed by atoms with van der Waals surface area (Å²) in [6.45, 7) is 4.44. The second-order valence-corrected chi connectivity index (χ2v) is 6.89. The standard InChI is InChI=1S/C18H23F3N4O2S.HI/c1-3-22-16(25-12-17(2,26)13-6-10-28-11-13)24-8-9-27-15-14(18(19,20)21)5-4-7-23-15;/h4-7,10-11,26H,3,8-9,12H2,1-2H3,(H2,22,24,25);1H. The molecule has 3 N–H and O–H groups in total. The first kappa shape index (κ1) is 25.4. The minimum absolute atomic E-state index is 0. The Morgan fingerprint density at radius 3 is 2.69 bits per heavy atom. The van der Waals surface area contributed by atoms with Crippen LogP contribution in [0.3, 0.4) is 0 Å². The van der Waals surface area contributed by atoms with E-state index in [0.29, 0.717) is 12.5 Å². The number of hydrogen-bond acceptors (Lipinski definition) is 5. The van der Waals surface area contributed by atoms with E-state index < -0.39 is 23.2 Å². The number of nitrogens with zero attached hydrogens (tertiary/aromatic N) is 2. The summed E-state index contributed by atoms with van der Waals surface area (Å²) in [4.78, 5) is 7.99. The van der Waals surface area contributed by atoms with Crippen molar-refractivity contribution in [1.29, 1.82) is 0 Å². The van der Waals surface area contributed by atoms with Crippen molar-refractivity contribution in [2.75, 3.05) is 26.2 Å². The first-order valence-corrected chi connectivity index (χ1v) is 9.60. The van der Waals surface area contributed by atoms with Gasteiger partial charge in [-0.25, -0.2) is 9.98 Å². The van der Waals surface area contributed by atoms with Crippen molar-refractivity contribution in [2.45, 2.75) is 25.6 Å². The number of pyridine rings is 1. The Balaban J connectivity index is 0.00000420. The average Bonchev–Trinajstić information content (AvgIpc) is 3.18. The third kappa shape index (κ3) is 7.97. The van der Waals surface area contributed by atoms with E-state index in [2.05, 4.69) is 20.6 Å². The number of ether oxygens (including phenoxy) is 1. The minimum atomic E-state index is -4.53. The summed E-state index contributed by atoms with van der Waals surface area (Å²) in [6.07, 6.45) is -3.28. The summed E-state index contributed by atoms with van der Waals surface area (Å²) < 4.78 is 44.0. The zero-order chi connectivity index (χ0) is 20.6. The van der Waals surface area contributed by atoms with Gasteiger partial charge < -0.3 is 20.5 Å². The number of rotatable bonds is 8. The zero-order valence-electron chi connectivity index (χ0n) is 16.0. The topological polar surface area (TPSA) is 78.8 Å². The lowest BCUT2D eigenvalue weighted by Gasteiger charge is -2.21. The first-order chi connectivity index (χ1) is 13.2. The molecule has 2 aromatic heterocycles. The Morgan fingerprint density at radius 1 is 1.31 bits per heavy atom. The fraction of sp³-hybridized carbons (Fsp3) is 0.444. The van der Waals surface area contributed by atoms with E-state index in [1.54, 1.807) is 6.92 Å². The molecule has 29 heavy (non-hydrogen) atoms. The van der Waals surface area contributed by atoms with Gasteiger partial charge in [-0.15, -0.1) is 24.0 Å². The van der Waals surface area contributed by atoms with Gasteiger partial charge in [-0.3, -0.25) is 0 Å². The molecule has 1 unspecified atom stereocenters. The smallest absolute Gasteiger partial charge is 0.421 e. The minimum Gasteiger partial charge on any atom is -0.475 e. The van der Waals surface area contributed by atoms with Crippen LogP contribution in [0.25, 0.3) is 0 Å². The van der Waals surface area contributed by atoms with Gasteiger partial charge in [0, 0.05) is 12.7 Å². The normalized spacial score (nSPS) is 13.9. The van der Waals surface area contributed by atoms with Crippen LogP contribution in [0, 0.1) is 0 Å². The maximum atomic E-state index is 12.9. The van der Waals surface area contributed by atoms with Gasteiger partial charge in [0.05, 0.1) is 13.1 Å². The second-order valence-electron chi connectivity index (χ2n) is 6.11. The van der Waals surface area contributed by atoms with Crippen molar-refractivity contribution in [2.24, 2.45) is 4.99 Å². The highest BCUT2D eigenvalue weighted by Crippen LogP contribution is 2.34. The van der Waals surface area contributed by atoms with E-state index in [1.807, 2.05) is 23.8 Å². The zero-order valence-corrected chi connectivity index (χ0v) is 19.1. The Labute approximate surface area is 188 Å².